The average molecular weight is 234 g/mol. The third-order valence-electron chi connectivity index (χ3n) is 2.31. The molecule has 0 bridgehead atoms. The van der Waals surface area contributed by atoms with Crippen molar-refractivity contribution in [2.75, 3.05) is 24.7 Å². The monoisotopic (exact) mass is 234 g/mol. The molecule has 0 radical (unpaired) electrons. The van der Waals surface area contributed by atoms with Gasteiger partial charge in [0.2, 0.25) is 5.82 Å². The number of ether oxygens (including phenoxy) is 1. The van der Waals surface area contributed by atoms with Crippen LogP contribution in [0.15, 0.2) is 12.1 Å². The highest BCUT2D eigenvalue weighted by Crippen LogP contribution is 2.34. The molecule has 7 nitrogen and oxygen atoms in total. The van der Waals surface area contributed by atoms with E-state index >= 15 is 0 Å². The minimum absolute atomic E-state index is 0.502. The molecule has 17 heavy (non-hydrogen) atoms. The Bertz CT molecular complexity index is 496. The van der Waals surface area contributed by atoms with E-state index in [2.05, 4.69) is 25.9 Å². The SMILES string of the molecule is CCOc1cc(-c2nn[nH]n2)cc(NC)c1N. The van der Waals surface area contributed by atoms with Crippen LogP contribution in [0.2, 0.25) is 0 Å². The van der Waals surface area contributed by atoms with Crippen LogP contribution in [0.3, 0.4) is 0 Å². The molecule has 0 unspecified atom stereocenters. The molecule has 2 aromatic rings. The van der Waals surface area contributed by atoms with Crippen molar-refractivity contribution in [2.45, 2.75) is 6.92 Å². The van der Waals surface area contributed by atoms with Gasteiger partial charge in [-0.05, 0) is 24.3 Å². The minimum Gasteiger partial charge on any atom is -0.492 e. The van der Waals surface area contributed by atoms with E-state index in [0.717, 1.165) is 11.3 Å². The number of H-pyrrole nitrogens is 1. The van der Waals surface area contributed by atoms with Gasteiger partial charge in [0.25, 0.3) is 0 Å². The van der Waals surface area contributed by atoms with Gasteiger partial charge in [-0.15, -0.1) is 10.2 Å². The molecule has 0 spiro atoms. The van der Waals surface area contributed by atoms with Crippen LogP contribution in [-0.2, 0) is 0 Å². The van der Waals surface area contributed by atoms with Crippen LogP contribution >= 0.6 is 0 Å². The summed E-state index contributed by atoms with van der Waals surface area (Å²) in [5.41, 5.74) is 8.09. The summed E-state index contributed by atoms with van der Waals surface area (Å²) >= 11 is 0. The first kappa shape index (κ1) is 11.2. The highest BCUT2D eigenvalue weighted by atomic mass is 16.5. The summed E-state index contributed by atoms with van der Waals surface area (Å²) in [6, 6.07) is 3.65. The second-order valence-corrected chi connectivity index (χ2v) is 3.35. The molecular formula is C10H14N6O. The van der Waals surface area contributed by atoms with Gasteiger partial charge >= 0.3 is 0 Å². The lowest BCUT2D eigenvalue weighted by Gasteiger charge is -2.12. The number of anilines is 2. The number of aromatic amines is 1. The van der Waals surface area contributed by atoms with Crippen molar-refractivity contribution in [1.29, 1.82) is 0 Å². The fourth-order valence-corrected chi connectivity index (χ4v) is 1.52. The molecule has 7 heteroatoms. The highest BCUT2D eigenvalue weighted by molar-refractivity contribution is 5.79. The van der Waals surface area contributed by atoms with E-state index in [1.807, 2.05) is 13.0 Å². The Morgan fingerprint density at radius 2 is 2.29 bits per heavy atom. The summed E-state index contributed by atoms with van der Waals surface area (Å²) in [4.78, 5) is 0. The summed E-state index contributed by atoms with van der Waals surface area (Å²) in [6.07, 6.45) is 0. The van der Waals surface area contributed by atoms with Crippen LogP contribution in [0.4, 0.5) is 11.4 Å². The second kappa shape index (κ2) is 4.69. The van der Waals surface area contributed by atoms with Gasteiger partial charge in [0, 0.05) is 12.6 Å². The number of hydrogen-bond donors (Lipinski definition) is 3. The number of rotatable bonds is 4. The normalized spacial score (nSPS) is 10.2. The van der Waals surface area contributed by atoms with Gasteiger partial charge in [0.15, 0.2) is 0 Å². The molecule has 2 rings (SSSR count). The molecule has 1 aromatic carbocycles. The number of hydrogen-bond acceptors (Lipinski definition) is 6. The van der Waals surface area contributed by atoms with E-state index in [0.29, 0.717) is 23.9 Å². The van der Waals surface area contributed by atoms with Gasteiger partial charge < -0.3 is 15.8 Å². The lowest BCUT2D eigenvalue weighted by Crippen LogP contribution is -2.02. The summed E-state index contributed by atoms with van der Waals surface area (Å²) in [5, 5.41) is 16.8. The van der Waals surface area contributed by atoms with Gasteiger partial charge in [0.05, 0.1) is 18.0 Å². The maximum Gasteiger partial charge on any atom is 0.204 e. The lowest BCUT2D eigenvalue weighted by molar-refractivity contribution is 0.342. The Morgan fingerprint density at radius 3 is 2.88 bits per heavy atom. The van der Waals surface area contributed by atoms with Gasteiger partial charge in [-0.2, -0.15) is 5.21 Å². The van der Waals surface area contributed by atoms with Crippen molar-refractivity contribution >= 4 is 11.4 Å². The third-order valence-corrected chi connectivity index (χ3v) is 2.31. The van der Waals surface area contributed by atoms with Crippen molar-refractivity contribution in [3.63, 3.8) is 0 Å². The summed E-state index contributed by atoms with van der Waals surface area (Å²) in [7, 11) is 1.79. The van der Waals surface area contributed by atoms with Gasteiger partial charge in [-0.25, -0.2) is 0 Å². The zero-order valence-electron chi connectivity index (χ0n) is 9.69. The van der Waals surface area contributed by atoms with E-state index in [1.54, 1.807) is 13.1 Å². The van der Waals surface area contributed by atoms with Crippen LogP contribution in [0, 0.1) is 0 Å². The first-order valence-electron chi connectivity index (χ1n) is 5.24. The number of tetrazole rings is 1. The second-order valence-electron chi connectivity index (χ2n) is 3.35. The van der Waals surface area contributed by atoms with Crippen LogP contribution < -0.4 is 15.8 Å². The number of nitrogens with two attached hydrogens (primary N) is 1. The number of nitrogens with one attached hydrogen (secondary N) is 2. The van der Waals surface area contributed by atoms with Crippen LogP contribution in [-0.4, -0.2) is 34.3 Å². The molecule has 1 heterocycles. The molecule has 0 aliphatic heterocycles. The average Bonchev–Trinajstić information content (AvgIpc) is 2.85. The Labute approximate surface area is 98.4 Å². The Balaban J connectivity index is 2.50. The largest absolute Gasteiger partial charge is 0.492 e. The molecule has 4 N–H and O–H groups in total. The van der Waals surface area contributed by atoms with Crippen molar-refractivity contribution < 1.29 is 4.74 Å². The highest BCUT2D eigenvalue weighted by Gasteiger charge is 2.11. The van der Waals surface area contributed by atoms with E-state index < -0.39 is 0 Å². The number of nitrogen functional groups attached to an aromatic ring is 1. The fourth-order valence-electron chi connectivity index (χ4n) is 1.52. The molecule has 0 fully saturated rings. The molecule has 0 aliphatic carbocycles. The van der Waals surface area contributed by atoms with Crippen molar-refractivity contribution in [3.05, 3.63) is 12.1 Å². The molecule has 90 valence electrons. The van der Waals surface area contributed by atoms with Crippen molar-refractivity contribution in [3.8, 4) is 17.1 Å². The predicted molar refractivity (Wildman–Crippen MR) is 64.7 cm³/mol. The quantitative estimate of drug-likeness (QED) is 0.679. The zero-order chi connectivity index (χ0) is 12.3. The first-order valence-corrected chi connectivity index (χ1v) is 5.24. The molecule has 0 atom stereocenters. The van der Waals surface area contributed by atoms with E-state index in [1.165, 1.54) is 0 Å². The summed E-state index contributed by atoms with van der Waals surface area (Å²) < 4.78 is 5.47. The van der Waals surface area contributed by atoms with Gasteiger partial charge in [0.1, 0.15) is 5.75 Å². The standard InChI is InChI=1S/C10H14N6O/c1-3-17-8-5-6(10-13-15-16-14-10)4-7(12-2)9(8)11/h4-5,12H,3,11H2,1-2H3,(H,13,14,15,16). The zero-order valence-corrected chi connectivity index (χ0v) is 9.69. The number of aromatic nitrogens is 4. The number of nitrogens with zero attached hydrogens (tertiary/aromatic N) is 3. The molecule has 0 saturated heterocycles. The van der Waals surface area contributed by atoms with Crippen LogP contribution in [0.25, 0.3) is 11.4 Å². The van der Waals surface area contributed by atoms with Crippen molar-refractivity contribution in [1.82, 2.24) is 20.6 Å². The van der Waals surface area contributed by atoms with Gasteiger partial charge in [-0.1, -0.05) is 0 Å². The molecule has 1 aromatic heterocycles. The lowest BCUT2D eigenvalue weighted by atomic mass is 10.1. The number of benzene rings is 1. The summed E-state index contributed by atoms with van der Waals surface area (Å²) in [5.74, 6) is 1.11. The third kappa shape index (κ3) is 2.12. The van der Waals surface area contributed by atoms with Gasteiger partial charge in [-0.3, -0.25) is 0 Å². The van der Waals surface area contributed by atoms with E-state index in [4.69, 9.17) is 10.5 Å². The molecule has 0 saturated carbocycles. The Hall–Kier alpha value is -2.31. The topological polar surface area (TPSA) is 102 Å². The molecular weight excluding hydrogens is 220 g/mol. The van der Waals surface area contributed by atoms with Crippen LogP contribution in [0.1, 0.15) is 6.92 Å². The molecule has 0 aliphatic rings. The minimum atomic E-state index is 0.502. The molecule has 0 amide bonds. The predicted octanol–water partition coefficient (Wildman–Crippen LogP) is 0.889. The van der Waals surface area contributed by atoms with Crippen LogP contribution in [0.5, 0.6) is 5.75 Å². The maximum atomic E-state index is 5.95. The Morgan fingerprint density at radius 1 is 1.47 bits per heavy atom. The smallest absolute Gasteiger partial charge is 0.204 e. The van der Waals surface area contributed by atoms with E-state index in [9.17, 15) is 0 Å². The Kier molecular flexibility index (Phi) is 3.08. The van der Waals surface area contributed by atoms with E-state index in [-0.39, 0.29) is 0 Å². The first-order chi connectivity index (χ1) is 8.26. The fraction of sp³-hybridized carbons (Fsp3) is 0.300. The maximum absolute atomic E-state index is 5.95. The van der Waals surface area contributed by atoms with Crippen molar-refractivity contribution in [2.24, 2.45) is 0 Å². The summed E-state index contributed by atoms with van der Waals surface area (Å²) in [6.45, 7) is 2.45.